The van der Waals surface area contributed by atoms with E-state index in [0.717, 1.165) is 11.1 Å². The molecule has 0 bridgehead atoms. The molecule has 0 nitrogen and oxygen atoms in total. The van der Waals surface area contributed by atoms with Gasteiger partial charge in [-0.3, -0.25) is 0 Å². The first kappa shape index (κ1) is 13.5. The van der Waals surface area contributed by atoms with Gasteiger partial charge < -0.3 is 0 Å². The van der Waals surface area contributed by atoms with Gasteiger partial charge in [-0.25, -0.2) is 0 Å². The molecule has 0 radical (unpaired) electrons. The van der Waals surface area contributed by atoms with E-state index in [0.29, 0.717) is 0 Å². The van der Waals surface area contributed by atoms with Crippen molar-refractivity contribution in [2.24, 2.45) is 0 Å². The highest BCUT2D eigenvalue weighted by Crippen LogP contribution is 2.29. The molecular weight excluding hydrogens is 272 g/mol. The van der Waals surface area contributed by atoms with Gasteiger partial charge in [-0.1, -0.05) is 72.1 Å². The molecule has 0 heterocycles. The molecular formula is C20H14S. The lowest BCUT2D eigenvalue weighted by atomic mass is 10.2. The van der Waals surface area contributed by atoms with Gasteiger partial charge >= 0.3 is 0 Å². The highest BCUT2D eigenvalue weighted by atomic mass is 32.2. The molecule has 100 valence electrons. The van der Waals surface area contributed by atoms with Gasteiger partial charge in [0.2, 0.25) is 0 Å². The van der Waals surface area contributed by atoms with E-state index in [4.69, 9.17) is 0 Å². The van der Waals surface area contributed by atoms with Crippen molar-refractivity contribution in [2.75, 3.05) is 0 Å². The minimum Gasteiger partial charge on any atom is -0.0888 e. The molecule has 3 aromatic rings. The molecule has 0 N–H and O–H groups in total. The molecule has 0 aliphatic carbocycles. The quantitative estimate of drug-likeness (QED) is 0.581. The fraction of sp³-hybridized carbons (Fsp3) is 0. The van der Waals surface area contributed by atoms with Crippen LogP contribution in [-0.2, 0) is 0 Å². The summed E-state index contributed by atoms with van der Waals surface area (Å²) in [6, 6.07) is 28.7. The summed E-state index contributed by atoms with van der Waals surface area (Å²) in [6.07, 6.45) is 0. The third-order valence-electron chi connectivity index (χ3n) is 2.97. The van der Waals surface area contributed by atoms with Crippen molar-refractivity contribution < 1.29 is 0 Å². The van der Waals surface area contributed by atoms with Gasteiger partial charge in [0.1, 0.15) is 0 Å². The Bertz CT molecular complexity index is 765. The number of rotatable bonds is 2. The first-order valence-corrected chi connectivity index (χ1v) is 7.62. The Morgan fingerprint density at radius 2 is 1.19 bits per heavy atom. The Labute approximate surface area is 129 Å². The third-order valence-corrected chi connectivity index (χ3v) is 4.06. The predicted octanol–water partition coefficient (Wildman–Crippen LogP) is 5.24. The van der Waals surface area contributed by atoms with Crippen LogP contribution in [0, 0.1) is 11.8 Å². The van der Waals surface area contributed by atoms with Gasteiger partial charge in [-0.2, -0.15) is 0 Å². The molecule has 0 aromatic heterocycles. The van der Waals surface area contributed by atoms with Crippen LogP contribution in [0.25, 0.3) is 0 Å². The summed E-state index contributed by atoms with van der Waals surface area (Å²) in [6.45, 7) is 0. The Balaban J connectivity index is 1.89. The molecule has 0 saturated heterocycles. The van der Waals surface area contributed by atoms with Crippen molar-refractivity contribution in [1.29, 1.82) is 0 Å². The van der Waals surface area contributed by atoms with Crippen molar-refractivity contribution >= 4 is 11.8 Å². The van der Waals surface area contributed by atoms with E-state index >= 15 is 0 Å². The van der Waals surface area contributed by atoms with Crippen molar-refractivity contribution in [1.82, 2.24) is 0 Å². The van der Waals surface area contributed by atoms with Crippen LogP contribution in [0.15, 0.2) is 94.7 Å². The van der Waals surface area contributed by atoms with Crippen LogP contribution in [0.5, 0.6) is 0 Å². The fourth-order valence-corrected chi connectivity index (χ4v) is 2.86. The second kappa shape index (κ2) is 6.83. The summed E-state index contributed by atoms with van der Waals surface area (Å²) in [5.41, 5.74) is 2.10. The second-order valence-corrected chi connectivity index (χ2v) is 5.64. The molecule has 0 fully saturated rings. The van der Waals surface area contributed by atoms with Crippen LogP contribution in [0.2, 0.25) is 0 Å². The molecule has 21 heavy (non-hydrogen) atoms. The van der Waals surface area contributed by atoms with Crippen LogP contribution in [0.1, 0.15) is 11.1 Å². The lowest BCUT2D eigenvalue weighted by Gasteiger charge is -2.03. The predicted molar refractivity (Wildman–Crippen MR) is 89.4 cm³/mol. The summed E-state index contributed by atoms with van der Waals surface area (Å²) in [5.74, 6) is 6.50. The Morgan fingerprint density at radius 3 is 1.95 bits per heavy atom. The topological polar surface area (TPSA) is 0 Å². The SMILES string of the molecule is C(#Cc1ccccc1Sc1ccccc1)c1ccccc1. The van der Waals surface area contributed by atoms with E-state index in [-0.39, 0.29) is 0 Å². The van der Waals surface area contributed by atoms with Crippen LogP contribution in [-0.4, -0.2) is 0 Å². The van der Waals surface area contributed by atoms with Gasteiger partial charge in [0.05, 0.1) is 0 Å². The van der Waals surface area contributed by atoms with Crippen molar-refractivity contribution in [3.05, 3.63) is 96.1 Å². The van der Waals surface area contributed by atoms with E-state index in [9.17, 15) is 0 Å². The summed E-state index contributed by atoms with van der Waals surface area (Å²) in [5, 5.41) is 0. The molecule has 1 heteroatoms. The highest BCUT2D eigenvalue weighted by molar-refractivity contribution is 7.99. The van der Waals surface area contributed by atoms with E-state index in [1.54, 1.807) is 11.8 Å². The van der Waals surface area contributed by atoms with Gasteiger partial charge in [-0.15, -0.1) is 0 Å². The van der Waals surface area contributed by atoms with Gasteiger partial charge in [0, 0.05) is 20.9 Å². The molecule has 0 atom stereocenters. The average molecular weight is 286 g/mol. The zero-order chi connectivity index (χ0) is 14.3. The smallest absolute Gasteiger partial charge is 0.0388 e. The lowest BCUT2D eigenvalue weighted by molar-refractivity contribution is 1.38. The van der Waals surface area contributed by atoms with Crippen LogP contribution < -0.4 is 0 Å². The second-order valence-electron chi connectivity index (χ2n) is 4.53. The summed E-state index contributed by atoms with van der Waals surface area (Å²) < 4.78 is 0. The van der Waals surface area contributed by atoms with Gasteiger partial charge in [0.15, 0.2) is 0 Å². The normalized spacial score (nSPS) is 9.71. The molecule has 0 amide bonds. The van der Waals surface area contributed by atoms with E-state index in [1.165, 1.54) is 9.79 Å². The van der Waals surface area contributed by atoms with Crippen molar-refractivity contribution in [3.8, 4) is 11.8 Å². The Kier molecular flexibility index (Phi) is 4.41. The maximum absolute atomic E-state index is 3.28. The Hall–Kier alpha value is -2.43. The summed E-state index contributed by atoms with van der Waals surface area (Å²) in [7, 11) is 0. The molecule has 0 saturated carbocycles. The molecule has 0 aliphatic rings. The van der Waals surface area contributed by atoms with Crippen LogP contribution in [0.3, 0.4) is 0 Å². The standard InChI is InChI=1S/C20H14S/c1-3-9-17(10-4-1)15-16-18-11-7-8-14-20(18)21-19-12-5-2-6-13-19/h1-14H. The highest BCUT2D eigenvalue weighted by Gasteiger charge is 2.01. The lowest BCUT2D eigenvalue weighted by Crippen LogP contribution is -1.81. The number of hydrogen-bond donors (Lipinski definition) is 0. The van der Waals surface area contributed by atoms with Gasteiger partial charge in [-0.05, 0) is 36.4 Å². The summed E-state index contributed by atoms with van der Waals surface area (Å²) in [4.78, 5) is 2.42. The average Bonchev–Trinajstić information content (AvgIpc) is 2.56. The molecule has 0 unspecified atom stereocenters. The summed E-state index contributed by atoms with van der Waals surface area (Å²) >= 11 is 1.75. The molecule has 3 aromatic carbocycles. The maximum atomic E-state index is 3.28. The van der Waals surface area contributed by atoms with Crippen LogP contribution in [0.4, 0.5) is 0 Å². The molecule has 0 spiro atoms. The van der Waals surface area contributed by atoms with Crippen molar-refractivity contribution in [2.45, 2.75) is 9.79 Å². The van der Waals surface area contributed by atoms with Crippen molar-refractivity contribution in [3.63, 3.8) is 0 Å². The number of benzene rings is 3. The maximum Gasteiger partial charge on any atom is 0.0388 e. The minimum atomic E-state index is 1.04. The largest absolute Gasteiger partial charge is 0.0888 e. The first-order valence-electron chi connectivity index (χ1n) is 6.81. The third kappa shape index (κ3) is 3.78. The number of hydrogen-bond acceptors (Lipinski definition) is 1. The minimum absolute atomic E-state index is 1.04. The van der Waals surface area contributed by atoms with E-state index in [2.05, 4.69) is 54.3 Å². The zero-order valence-electron chi connectivity index (χ0n) is 11.5. The van der Waals surface area contributed by atoms with E-state index < -0.39 is 0 Å². The molecule has 0 aliphatic heterocycles. The van der Waals surface area contributed by atoms with Crippen LogP contribution >= 0.6 is 11.8 Å². The monoisotopic (exact) mass is 286 g/mol. The molecule has 3 rings (SSSR count). The Morgan fingerprint density at radius 1 is 0.571 bits per heavy atom. The zero-order valence-corrected chi connectivity index (χ0v) is 12.3. The first-order chi connectivity index (χ1) is 10.4. The van der Waals surface area contributed by atoms with E-state index in [1.807, 2.05) is 42.5 Å². The fourth-order valence-electron chi connectivity index (χ4n) is 1.94. The van der Waals surface area contributed by atoms with Gasteiger partial charge in [0.25, 0.3) is 0 Å².